The molecule has 21 heavy (non-hydrogen) atoms. The maximum atomic E-state index is 5.22. The number of rotatable bonds is 10. The summed E-state index contributed by atoms with van der Waals surface area (Å²) in [5.74, 6) is 1.05. The number of ether oxygens (including phenoxy) is 1. The summed E-state index contributed by atoms with van der Waals surface area (Å²) in [6, 6.07) is 2.15. The molecule has 0 aromatic carbocycles. The van der Waals surface area contributed by atoms with E-state index in [1.807, 2.05) is 13.0 Å². The smallest absolute Gasteiger partial charge is 0.133 e. The zero-order valence-electron chi connectivity index (χ0n) is 13.9. The highest BCUT2D eigenvalue weighted by molar-refractivity contribution is 5.52. The lowest BCUT2D eigenvalue weighted by Gasteiger charge is -2.26. The molecule has 0 unspecified atom stereocenters. The average molecular weight is 291 g/mol. The lowest BCUT2D eigenvalue weighted by molar-refractivity contribution is 0.205. The molecular formula is C17H29N3O. The molecule has 118 valence electrons. The zero-order chi connectivity index (χ0) is 15.7. The molecule has 0 saturated carbocycles. The third-order valence-corrected chi connectivity index (χ3v) is 3.40. The first-order chi connectivity index (χ1) is 10.1. The predicted molar refractivity (Wildman–Crippen MR) is 90.0 cm³/mol. The van der Waals surface area contributed by atoms with Gasteiger partial charge < -0.3 is 15.0 Å². The Kier molecular flexibility index (Phi) is 8.01. The zero-order valence-corrected chi connectivity index (χ0v) is 13.9. The van der Waals surface area contributed by atoms with Crippen LogP contribution in [0.4, 0.5) is 5.82 Å². The second-order valence-electron chi connectivity index (χ2n) is 5.29. The van der Waals surface area contributed by atoms with Gasteiger partial charge in [0.25, 0.3) is 0 Å². The van der Waals surface area contributed by atoms with Crippen LogP contribution in [0.5, 0.6) is 0 Å². The molecule has 1 heterocycles. The van der Waals surface area contributed by atoms with Crippen molar-refractivity contribution >= 4 is 5.82 Å². The standard InChI is InChI=1S/C17H29N3O/c1-6-8-18-13-16-14(3)12-15(4)19-17(16)20(9-7-2)10-11-21-5/h7,12,18H,2,6,8-11,13H2,1,3-5H3. The van der Waals surface area contributed by atoms with Crippen LogP contribution in [0, 0.1) is 13.8 Å². The van der Waals surface area contributed by atoms with Gasteiger partial charge in [0.05, 0.1) is 6.61 Å². The molecule has 4 nitrogen and oxygen atoms in total. The number of aromatic nitrogens is 1. The van der Waals surface area contributed by atoms with E-state index in [9.17, 15) is 0 Å². The van der Waals surface area contributed by atoms with E-state index in [1.54, 1.807) is 7.11 Å². The number of pyridine rings is 1. The normalized spacial score (nSPS) is 10.7. The van der Waals surface area contributed by atoms with Gasteiger partial charge in [-0.25, -0.2) is 4.98 Å². The summed E-state index contributed by atoms with van der Waals surface area (Å²) in [4.78, 5) is 7.00. The SMILES string of the molecule is C=CCN(CCOC)c1nc(C)cc(C)c1CNCCC. The largest absolute Gasteiger partial charge is 0.383 e. The molecule has 0 aliphatic heterocycles. The van der Waals surface area contributed by atoms with E-state index in [2.05, 4.69) is 36.7 Å². The summed E-state index contributed by atoms with van der Waals surface area (Å²) in [5, 5.41) is 3.48. The predicted octanol–water partition coefficient (Wildman–Crippen LogP) is 2.84. The van der Waals surface area contributed by atoms with Crippen molar-refractivity contribution in [2.24, 2.45) is 0 Å². The van der Waals surface area contributed by atoms with Crippen LogP contribution in [-0.2, 0) is 11.3 Å². The minimum atomic E-state index is 0.685. The van der Waals surface area contributed by atoms with Crippen LogP contribution in [0.2, 0.25) is 0 Å². The van der Waals surface area contributed by atoms with Gasteiger partial charge in [-0.15, -0.1) is 6.58 Å². The molecular weight excluding hydrogens is 262 g/mol. The van der Waals surface area contributed by atoms with Gasteiger partial charge in [0, 0.05) is 38.0 Å². The van der Waals surface area contributed by atoms with Gasteiger partial charge in [-0.1, -0.05) is 13.0 Å². The number of hydrogen-bond donors (Lipinski definition) is 1. The van der Waals surface area contributed by atoms with E-state index < -0.39 is 0 Å². The van der Waals surface area contributed by atoms with Gasteiger partial charge in [-0.2, -0.15) is 0 Å². The van der Waals surface area contributed by atoms with Crippen LogP contribution in [0.3, 0.4) is 0 Å². The molecule has 1 rings (SSSR count). The third-order valence-electron chi connectivity index (χ3n) is 3.40. The van der Waals surface area contributed by atoms with E-state index in [4.69, 9.17) is 9.72 Å². The van der Waals surface area contributed by atoms with Crippen LogP contribution < -0.4 is 10.2 Å². The molecule has 0 spiro atoms. The van der Waals surface area contributed by atoms with Gasteiger partial charge in [0.1, 0.15) is 5.82 Å². The molecule has 0 radical (unpaired) electrons. The fourth-order valence-electron chi connectivity index (χ4n) is 2.35. The van der Waals surface area contributed by atoms with E-state index >= 15 is 0 Å². The first-order valence-electron chi connectivity index (χ1n) is 7.66. The highest BCUT2D eigenvalue weighted by Gasteiger charge is 2.14. The average Bonchev–Trinajstić information content (AvgIpc) is 2.45. The summed E-state index contributed by atoms with van der Waals surface area (Å²) < 4.78 is 5.22. The summed E-state index contributed by atoms with van der Waals surface area (Å²) in [6.07, 6.45) is 3.05. The summed E-state index contributed by atoms with van der Waals surface area (Å²) in [6.45, 7) is 14.4. The first kappa shape index (κ1) is 17.7. The number of anilines is 1. The maximum Gasteiger partial charge on any atom is 0.133 e. The Balaban J connectivity index is 3.06. The Bertz CT molecular complexity index is 446. The minimum absolute atomic E-state index is 0.685. The van der Waals surface area contributed by atoms with Crippen molar-refractivity contribution in [2.45, 2.75) is 33.7 Å². The summed E-state index contributed by atoms with van der Waals surface area (Å²) >= 11 is 0. The maximum absolute atomic E-state index is 5.22. The highest BCUT2D eigenvalue weighted by Crippen LogP contribution is 2.22. The monoisotopic (exact) mass is 291 g/mol. The fourth-order valence-corrected chi connectivity index (χ4v) is 2.35. The molecule has 0 saturated heterocycles. The first-order valence-corrected chi connectivity index (χ1v) is 7.66. The number of hydrogen-bond acceptors (Lipinski definition) is 4. The second kappa shape index (κ2) is 9.53. The van der Waals surface area contributed by atoms with Crippen molar-refractivity contribution in [3.8, 4) is 0 Å². The summed E-state index contributed by atoms with van der Waals surface area (Å²) in [7, 11) is 1.73. The van der Waals surface area contributed by atoms with Gasteiger partial charge in [0.15, 0.2) is 0 Å². The summed E-state index contributed by atoms with van der Waals surface area (Å²) in [5.41, 5.74) is 3.60. The second-order valence-corrected chi connectivity index (χ2v) is 5.29. The van der Waals surface area contributed by atoms with Crippen LogP contribution >= 0.6 is 0 Å². The van der Waals surface area contributed by atoms with Crippen molar-refractivity contribution in [1.82, 2.24) is 10.3 Å². The lowest BCUT2D eigenvalue weighted by Crippen LogP contribution is -2.30. The number of aryl methyl sites for hydroxylation is 2. The molecule has 0 aliphatic carbocycles. The van der Waals surface area contributed by atoms with Crippen molar-refractivity contribution < 1.29 is 4.74 Å². The van der Waals surface area contributed by atoms with Crippen LogP contribution in [0.1, 0.15) is 30.2 Å². The van der Waals surface area contributed by atoms with Crippen molar-refractivity contribution in [2.75, 3.05) is 38.3 Å². The fraction of sp³-hybridized carbons (Fsp3) is 0.588. The number of methoxy groups -OCH3 is 1. The lowest BCUT2D eigenvalue weighted by atomic mass is 10.1. The highest BCUT2D eigenvalue weighted by atomic mass is 16.5. The van der Waals surface area contributed by atoms with E-state index in [0.29, 0.717) is 6.61 Å². The Hall–Kier alpha value is -1.39. The van der Waals surface area contributed by atoms with E-state index in [1.165, 1.54) is 11.1 Å². The van der Waals surface area contributed by atoms with Crippen molar-refractivity contribution in [3.63, 3.8) is 0 Å². The quantitative estimate of drug-likeness (QED) is 0.531. The molecule has 4 heteroatoms. The van der Waals surface area contributed by atoms with Crippen LogP contribution in [0.25, 0.3) is 0 Å². The Labute approximate surface area is 129 Å². The van der Waals surface area contributed by atoms with Gasteiger partial charge >= 0.3 is 0 Å². The molecule has 0 atom stereocenters. The number of nitrogens with one attached hydrogen (secondary N) is 1. The van der Waals surface area contributed by atoms with Crippen molar-refractivity contribution in [1.29, 1.82) is 0 Å². The minimum Gasteiger partial charge on any atom is -0.383 e. The van der Waals surface area contributed by atoms with Gasteiger partial charge in [-0.05, 0) is 38.4 Å². The van der Waals surface area contributed by atoms with Crippen LogP contribution in [0.15, 0.2) is 18.7 Å². The Morgan fingerprint density at radius 1 is 1.43 bits per heavy atom. The molecule has 1 aromatic heterocycles. The van der Waals surface area contributed by atoms with E-state index in [0.717, 1.165) is 44.1 Å². The molecule has 1 aromatic rings. The van der Waals surface area contributed by atoms with Gasteiger partial charge in [0.2, 0.25) is 0 Å². The van der Waals surface area contributed by atoms with E-state index in [-0.39, 0.29) is 0 Å². The number of nitrogens with zero attached hydrogens (tertiary/aromatic N) is 2. The van der Waals surface area contributed by atoms with Crippen LogP contribution in [-0.4, -0.2) is 38.3 Å². The molecule has 1 N–H and O–H groups in total. The molecule has 0 bridgehead atoms. The Morgan fingerprint density at radius 2 is 2.19 bits per heavy atom. The molecule has 0 fully saturated rings. The molecule has 0 amide bonds. The topological polar surface area (TPSA) is 37.4 Å². The van der Waals surface area contributed by atoms with Gasteiger partial charge in [-0.3, -0.25) is 0 Å². The Morgan fingerprint density at radius 3 is 2.81 bits per heavy atom. The third kappa shape index (κ3) is 5.48. The van der Waals surface area contributed by atoms with Crippen molar-refractivity contribution in [3.05, 3.63) is 35.5 Å². The molecule has 0 aliphatic rings.